The summed E-state index contributed by atoms with van der Waals surface area (Å²) in [5.74, 6) is 0.804. The number of rotatable bonds is 4. The molecule has 0 bridgehead atoms. The molecule has 0 unspecified atom stereocenters. The van der Waals surface area contributed by atoms with E-state index >= 15 is 0 Å². The van der Waals surface area contributed by atoms with Crippen molar-refractivity contribution >= 4 is 11.4 Å². The predicted octanol–water partition coefficient (Wildman–Crippen LogP) is 2.12. The predicted molar refractivity (Wildman–Crippen MR) is 61.0 cm³/mol. The van der Waals surface area contributed by atoms with E-state index in [1.807, 2.05) is 18.2 Å². The van der Waals surface area contributed by atoms with Gasteiger partial charge >= 0.3 is 0 Å². The molecule has 0 heterocycles. The number of nitrogens with two attached hydrogens (primary N) is 1. The van der Waals surface area contributed by atoms with Crippen molar-refractivity contribution in [3.63, 3.8) is 0 Å². The smallest absolute Gasteiger partial charge is 0.121 e. The maximum absolute atomic E-state index is 5.93. The van der Waals surface area contributed by atoms with Crippen molar-refractivity contribution in [2.75, 3.05) is 30.8 Å². The van der Waals surface area contributed by atoms with Crippen molar-refractivity contribution in [1.29, 1.82) is 0 Å². The SMILES string of the molecule is CCN(CC)c1ccc(OC)cc1N. The third kappa shape index (κ3) is 2.10. The minimum Gasteiger partial charge on any atom is -0.497 e. The van der Waals surface area contributed by atoms with Gasteiger partial charge in [0.15, 0.2) is 0 Å². The van der Waals surface area contributed by atoms with Gasteiger partial charge in [-0.2, -0.15) is 0 Å². The summed E-state index contributed by atoms with van der Waals surface area (Å²) in [5, 5.41) is 0. The number of ether oxygens (including phenoxy) is 1. The molecule has 0 spiro atoms. The lowest BCUT2D eigenvalue weighted by atomic mass is 10.2. The molecule has 1 rings (SSSR count). The largest absolute Gasteiger partial charge is 0.497 e. The van der Waals surface area contributed by atoms with Gasteiger partial charge in [0.25, 0.3) is 0 Å². The topological polar surface area (TPSA) is 38.5 Å². The monoisotopic (exact) mass is 194 g/mol. The molecule has 0 aromatic heterocycles. The Bertz CT molecular complexity index is 295. The van der Waals surface area contributed by atoms with Crippen molar-refractivity contribution in [1.82, 2.24) is 0 Å². The Morgan fingerprint density at radius 2 is 1.93 bits per heavy atom. The van der Waals surface area contributed by atoms with E-state index in [1.54, 1.807) is 7.11 Å². The minimum absolute atomic E-state index is 0.771. The van der Waals surface area contributed by atoms with Gasteiger partial charge in [0.2, 0.25) is 0 Å². The van der Waals surface area contributed by atoms with Crippen molar-refractivity contribution in [2.24, 2.45) is 0 Å². The Balaban J connectivity index is 2.98. The highest BCUT2D eigenvalue weighted by Crippen LogP contribution is 2.27. The molecule has 78 valence electrons. The third-order valence-electron chi connectivity index (χ3n) is 2.34. The van der Waals surface area contributed by atoms with Gasteiger partial charge in [-0.05, 0) is 26.0 Å². The van der Waals surface area contributed by atoms with E-state index in [4.69, 9.17) is 10.5 Å². The van der Waals surface area contributed by atoms with E-state index in [0.717, 1.165) is 30.2 Å². The second-order valence-electron chi connectivity index (χ2n) is 3.10. The van der Waals surface area contributed by atoms with E-state index in [0.29, 0.717) is 0 Å². The summed E-state index contributed by atoms with van der Waals surface area (Å²) in [6.07, 6.45) is 0. The van der Waals surface area contributed by atoms with E-state index in [1.165, 1.54) is 0 Å². The van der Waals surface area contributed by atoms with Crippen LogP contribution in [0.15, 0.2) is 18.2 Å². The van der Waals surface area contributed by atoms with Crippen molar-refractivity contribution in [3.05, 3.63) is 18.2 Å². The number of hydrogen-bond donors (Lipinski definition) is 1. The maximum Gasteiger partial charge on any atom is 0.121 e. The van der Waals surface area contributed by atoms with Crippen LogP contribution in [-0.4, -0.2) is 20.2 Å². The van der Waals surface area contributed by atoms with Crippen LogP contribution in [0.2, 0.25) is 0 Å². The molecule has 0 atom stereocenters. The summed E-state index contributed by atoms with van der Waals surface area (Å²) >= 11 is 0. The van der Waals surface area contributed by atoms with Gasteiger partial charge in [0, 0.05) is 19.2 Å². The molecule has 3 nitrogen and oxygen atoms in total. The first-order chi connectivity index (χ1) is 6.72. The number of nitrogen functional groups attached to an aromatic ring is 1. The molecule has 3 heteroatoms. The van der Waals surface area contributed by atoms with Gasteiger partial charge in [-0.1, -0.05) is 0 Å². The molecule has 2 N–H and O–H groups in total. The first-order valence-electron chi connectivity index (χ1n) is 4.91. The summed E-state index contributed by atoms with van der Waals surface area (Å²) in [7, 11) is 1.64. The molecule has 1 aromatic rings. The zero-order valence-electron chi connectivity index (χ0n) is 9.08. The lowest BCUT2D eigenvalue weighted by molar-refractivity contribution is 0.415. The fourth-order valence-electron chi connectivity index (χ4n) is 1.51. The van der Waals surface area contributed by atoms with Gasteiger partial charge in [-0.25, -0.2) is 0 Å². The summed E-state index contributed by atoms with van der Waals surface area (Å²) < 4.78 is 5.10. The highest BCUT2D eigenvalue weighted by molar-refractivity contribution is 5.69. The van der Waals surface area contributed by atoms with E-state index in [2.05, 4.69) is 18.7 Å². The quantitative estimate of drug-likeness (QED) is 0.746. The lowest BCUT2D eigenvalue weighted by Gasteiger charge is -2.22. The second kappa shape index (κ2) is 4.74. The van der Waals surface area contributed by atoms with Gasteiger partial charge < -0.3 is 15.4 Å². The Hall–Kier alpha value is -1.38. The Labute approximate surface area is 85.5 Å². The standard InChI is InChI=1S/C11H18N2O/c1-4-13(5-2)11-7-6-9(14-3)8-10(11)12/h6-8H,4-5,12H2,1-3H3. The van der Waals surface area contributed by atoms with Crippen LogP contribution in [0.25, 0.3) is 0 Å². The maximum atomic E-state index is 5.93. The van der Waals surface area contributed by atoms with Crippen LogP contribution in [-0.2, 0) is 0 Å². The molecule has 0 aliphatic heterocycles. The molecular weight excluding hydrogens is 176 g/mol. The van der Waals surface area contributed by atoms with Crippen molar-refractivity contribution < 1.29 is 4.74 Å². The number of methoxy groups -OCH3 is 1. The zero-order valence-corrected chi connectivity index (χ0v) is 9.08. The van der Waals surface area contributed by atoms with Gasteiger partial charge in [-0.15, -0.1) is 0 Å². The second-order valence-corrected chi connectivity index (χ2v) is 3.10. The van der Waals surface area contributed by atoms with E-state index < -0.39 is 0 Å². The average Bonchev–Trinajstić information content (AvgIpc) is 2.22. The van der Waals surface area contributed by atoms with Crippen LogP contribution in [0, 0.1) is 0 Å². The Morgan fingerprint density at radius 1 is 1.29 bits per heavy atom. The molecular formula is C11H18N2O. The molecule has 0 aliphatic carbocycles. The van der Waals surface area contributed by atoms with Crippen LogP contribution in [0.4, 0.5) is 11.4 Å². The van der Waals surface area contributed by atoms with Crippen molar-refractivity contribution in [2.45, 2.75) is 13.8 Å². The summed E-state index contributed by atoms with van der Waals surface area (Å²) in [4.78, 5) is 2.22. The summed E-state index contributed by atoms with van der Waals surface area (Å²) in [5.41, 5.74) is 7.78. The third-order valence-corrected chi connectivity index (χ3v) is 2.34. The number of anilines is 2. The van der Waals surface area contributed by atoms with Crippen LogP contribution in [0.3, 0.4) is 0 Å². The molecule has 0 saturated carbocycles. The van der Waals surface area contributed by atoms with Gasteiger partial charge in [0.05, 0.1) is 18.5 Å². The molecule has 0 radical (unpaired) electrons. The van der Waals surface area contributed by atoms with E-state index in [-0.39, 0.29) is 0 Å². The molecule has 0 fully saturated rings. The summed E-state index contributed by atoms with van der Waals surface area (Å²) in [6.45, 7) is 6.17. The molecule has 1 aromatic carbocycles. The normalized spacial score (nSPS) is 9.93. The highest BCUT2D eigenvalue weighted by atomic mass is 16.5. The lowest BCUT2D eigenvalue weighted by Crippen LogP contribution is -2.22. The zero-order chi connectivity index (χ0) is 10.6. The highest BCUT2D eigenvalue weighted by Gasteiger charge is 2.06. The van der Waals surface area contributed by atoms with Crippen LogP contribution in [0.5, 0.6) is 5.75 Å². The first-order valence-corrected chi connectivity index (χ1v) is 4.91. The molecule has 0 amide bonds. The molecule has 0 aliphatic rings. The fraction of sp³-hybridized carbons (Fsp3) is 0.455. The molecule has 0 saturated heterocycles. The minimum atomic E-state index is 0.771. The number of benzene rings is 1. The van der Waals surface area contributed by atoms with Gasteiger partial charge in [-0.3, -0.25) is 0 Å². The van der Waals surface area contributed by atoms with Crippen LogP contribution in [0.1, 0.15) is 13.8 Å². The number of hydrogen-bond acceptors (Lipinski definition) is 3. The van der Waals surface area contributed by atoms with Crippen molar-refractivity contribution in [3.8, 4) is 5.75 Å². The average molecular weight is 194 g/mol. The van der Waals surface area contributed by atoms with Crippen LogP contribution < -0.4 is 15.4 Å². The van der Waals surface area contributed by atoms with Gasteiger partial charge in [0.1, 0.15) is 5.75 Å². The number of nitrogens with zero attached hydrogens (tertiary/aromatic N) is 1. The van der Waals surface area contributed by atoms with E-state index in [9.17, 15) is 0 Å². The van der Waals surface area contributed by atoms with Crippen LogP contribution >= 0.6 is 0 Å². The summed E-state index contributed by atoms with van der Waals surface area (Å²) in [6, 6.07) is 5.79. The first kappa shape index (κ1) is 10.7. The fourth-order valence-corrected chi connectivity index (χ4v) is 1.51. The Morgan fingerprint density at radius 3 is 2.36 bits per heavy atom. The molecule has 14 heavy (non-hydrogen) atoms. The Kier molecular flexibility index (Phi) is 3.63.